The van der Waals surface area contributed by atoms with Crippen LogP contribution in [0.25, 0.3) is 22.3 Å². The van der Waals surface area contributed by atoms with E-state index in [1.165, 1.54) is 47.4 Å². The Balaban J connectivity index is 1.98. The zero-order valence-electron chi connectivity index (χ0n) is 13.2. The summed E-state index contributed by atoms with van der Waals surface area (Å²) in [6.07, 6.45) is 16.2. The molecule has 4 rings (SSSR count). The molecule has 0 atom stereocenters. The third-order valence-corrected chi connectivity index (χ3v) is 4.74. The monoisotopic (exact) mass is 290 g/mol. The van der Waals surface area contributed by atoms with Crippen LogP contribution in [0.15, 0.2) is 42.5 Å². The number of aromatic nitrogens is 2. The number of imidazole rings is 1. The lowest BCUT2D eigenvalue weighted by Gasteiger charge is -2.18. The highest BCUT2D eigenvalue weighted by molar-refractivity contribution is 5.86. The molecule has 0 saturated carbocycles. The summed E-state index contributed by atoms with van der Waals surface area (Å²) in [5.41, 5.74) is 6.47. The van der Waals surface area contributed by atoms with E-state index in [1.807, 2.05) is 0 Å². The number of aryl methyl sites for hydroxylation is 1. The molecule has 2 aliphatic carbocycles. The molecule has 112 valence electrons. The van der Waals surface area contributed by atoms with Crippen molar-refractivity contribution in [3.63, 3.8) is 0 Å². The second-order valence-electron chi connectivity index (χ2n) is 6.31. The number of benzene rings is 1. The number of nitrogens with zero attached hydrogens (tertiary/aromatic N) is 2. The van der Waals surface area contributed by atoms with E-state index in [4.69, 9.17) is 4.98 Å². The molecule has 1 heterocycles. The van der Waals surface area contributed by atoms with Gasteiger partial charge in [0.05, 0.1) is 11.0 Å². The predicted octanol–water partition coefficient (Wildman–Crippen LogP) is 5.49. The van der Waals surface area contributed by atoms with E-state index in [2.05, 4.69) is 54.0 Å². The van der Waals surface area contributed by atoms with Crippen molar-refractivity contribution >= 4 is 22.3 Å². The van der Waals surface area contributed by atoms with Gasteiger partial charge in [0.15, 0.2) is 0 Å². The van der Waals surface area contributed by atoms with Gasteiger partial charge in [0.1, 0.15) is 5.82 Å². The SMILES string of the molecule is Cc1cccc2c1nc(C1=CCCCC1)n2C1=CC=CCC1. The van der Waals surface area contributed by atoms with Gasteiger partial charge in [-0.3, -0.25) is 4.57 Å². The van der Waals surface area contributed by atoms with Gasteiger partial charge in [-0.25, -0.2) is 4.98 Å². The predicted molar refractivity (Wildman–Crippen MR) is 93.6 cm³/mol. The average Bonchev–Trinajstić information content (AvgIpc) is 2.97. The summed E-state index contributed by atoms with van der Waals surface area (Å²) in [5, 5.41) is 0. The van der Waals surface area contributed by atoms with Crippen LogP contribution in [0.4, 0.5) is 0 Å². The molecule has 0 aliphatic heterocycles. The molecule has 2 aliphatic rings. The molecule has 1 aromatic heterocycles. The number of hydrogen-bond acceptors (Lipinski definition) is 1. The molecule has 2 nitrogen and oxygen atoms in total. The number of para-hydroxylation sites is 1. The normalized spacial score (nSPS) is 18.4. The van der Waals surface area contributed by atoms with Crippen LogP contribution in [0.2, 0.25) is 0 Å². The summed E-state index contributed by atoms with van der Waals surface area (Å²) in [6.45, 7) is 2.16. The Hall–Kier alpha value is -2.09. The molecule has 1 aromatic carbocycles. The van der Waals surface area contributed by atoms with Gasteiger partial charge in [0.2, 0.25) is 0 Å². The fraction of sp³-hybridized carbons (Fsp3) is 0.350. The van der Waals surface area contributed by atoms with E-state index in [1.54, 1.807) is 0 Å². The minimum Gasteiger partial charge on any atom is -0.296 e. The molecule has 0 saturated heterocycles. The van der Waals surface area contributed by atoms with Gasteiger partial charge in [-0.1, -0.05) is 30.4 Å². The number of rotatable bonds is 2. The third-order valence-electron chi connectivity index (χ3n) is 4.74. The van der Waals surface area contributed by atoms with Crippen molar-refractivity contribution < 1.29 is 0 Å². The highest BCUT2D eigenvalue weighted by Crippen LogP contribution is 2.33. The zero-order chi connectivity index (χ0) is 14.9. The molecular formula is C20H22N2. The highest BCUT2D eigenvalue weighted by atomic mass is 15.1. The molecule has 0 bridgehead atoms. The summed E-state index contributed by atoms with van der Waals surface area (Å²) in [4.78, 5) is 5.04. The lowest BCUT2D eigenvalue weighted by atomic mass is 9.99. The van der Waals surface area contributed by atoms with Crippen molar-refractivity contribution in [2.24, 2.45) is 0 Å². The Kier molecular flexibility index (Phi) is 3.45. The van der Waals surface area contributed by atoms with E-state index in [0.29, 0.717) is 0 Å². The van der Waals surface area contributed by atoms with E-state index in [-0.39, 0.29) is 0 Å². The number of fused-ring (bicyclic) bond motifs is 1. The first-order valence-corrected chi connectivity index (χ1v) is 8.38. The Morgan fingerprint density at radius 3 is 2.82 bits per heavy atom. The molecule has 0 radical (unpaired) electrons. The van der Waals surface area contributed by atoms with E-state index in [0.717, 1.165) is 24.8 Å². The van der Waals surface area contributed by atoms with Crippen molar-refractivity contribution in [3.8, 4) is 0 Å². The second kappa shape index (κ2) is 5.60. The van der Waals surface area contributed by atoms with Crippen molar-refractivity contribution in [1.29, 1.82) is 0 Å². The van der Waals surface area contributed by atoms with Crippen molar-refractivity contribution in [2.75, 3.05) is 0 Å². The van der Waals surface area contributed by atoms with Crippen LogP contribution in [0.1, 0.15) is 49.9 Å². The summed E-state index contributed by atoms with van der Waals surface area (Å²) in [6, 6.07) is 6.52. The van der Waals surface area contributed by atoms with Gasteiger partial charge >= 0.3 is 0 Å². The first-order valence-electron chi connectivity index (χ1n) is 8.38. The van der Waals surface area contributed by atoms with Crippen LogP contribution in [0.5, 0.6) is 0 Å². The summed E-state index contributed by atoms with van der Waals surface area (Å²) in [5.74, 6) is 1.17. The lowest BCUT2D eigenvalue weighted by Crippen LogP contribution is -2.05. The zero-order valence-corrected chi connectivity index (χ0v) is 13.2. The largest absolute Gasteiger partial charge is 0.296 e. The molecule has 0 amide bonds. The Morgan fingerprint density at radius 2 is 2.05 bits per heavy atom. The van der Waals surface area contributed by atoms with Gasteiger partial charge in [-0.2, -0.15) is 0 Å². The molecule has 0 fully saturated rings. The maximum Gasteiger partial charge on any atom is 0.141 e. The molecule has 22 heavy (non-hydrogen) atoms. The molecule has 0 unspecified atom stereocenters. The first-order chi connectivity index (χ1) is 10.8. The summed E-state index contributed by atoms with van der Waals surface area (Å²) >= 11 is 0. The van der Waals surface area contributed by atoms with Crippen molar-refractivity contribution in [3.05, 3.63) is 53.9 Å². The number of allylic oxidation sites excluding steroid dienone is 6. The van der Waals surface area contributed by atoms with Gasteiger partial charge in [0, 0.05) is 5.70 Å². The molecule has 2 heteroatoms. The Labute approximate surface area is 131 Å². The maximum absolute atomic E-state index is 5.04. The fourth-order valence-corrected chi connectivity index (χ4v) is 3.56. The Morgan fingerprint density at radius 1 is 1.09 bits per heavy atom. The maximum atomic E-state index is 5.04. The smallest absolute Gasteiger partial charge is 0.141 e. The second-order valence-corrected chi connectivity index (χ2v) is 6.31. The lowest BCUT2D eigenvalue weighted by molar-refractivity contribution is 0.735. The standard InChI is InChI=1S/C20H22N2/c1-15-9-8-14-18-19(15)21-20(16-10-4-2-5-11-16)22(18)17-12-6-3-7-13-17/h3,6,8-10,12,14H,2,4-5,7,11,13H2,1H3. The summed E-state index contributed by atoms with van der Waals surface area (Å²) < 4.78 is 2.41. The highest BCUT2D eigenvalue weighted by Gasteiger charge is 2.19. The topological polar surface area (TPSA) is 17.8 Å². The van der Waals surface area contributed by atoms with Crippen molar-refractivity contribution in [1.82, 2.24) is 9.55 Å². The Bertz CT molecular complexity index is 802. The number of hydrogen-bond donors (Lipinski definition) is 0. The van der Waals surface area contributed by atoms with Crippen LogP contribution in [0.3, 0.4) is 0 Å². The molecule has 0 N–H and O–H groups in total. The van der Waals surface area contributed by atoms with Gasteiger partial charge in [-0.05, 0) is 68.7 Å². The van der Waals surface area contributed by atoms with Crippen LogP contribution >= 0.6 is 0 Å². The van der Waals surface area contributed by atoms with E-state index < -0.39 is 0 Å². The van der Waals surface area contributed by atoms with Crippen LogP contribution < -0.4 is 0 Å². The first kappa shape index (κ1) is 13.6. The van der Waals surface area contributed by atoms with Crippen molar-refractivity contribution in [2.45, 2.75) is 45.4 Å². The molecular weight excluding hydrogens is 268 g/mol. The van der Waals surface area contributed by atoms with E-state index in [9.17, 15) is 0 Å². The van der Waals surface area contributed by atoms with Gasteiger partial charge < -0.3 is 0 Å². The third kappa shape index (κ3) is 2.23. The average molecular weight is 290 g/mol. The summed E-state index contributed by atoms with van der Waals surface area (Å²) in [7, 11) is 0. The van der Waals surface area contributed by atoms with Gasteiger partial charge in [-0.15, -0.1) is 0 Å². The van der Waals surface area contributed by atoms with E-state index >= 15 is 0 Å². The quantitative estimate of drug-likeness (QED) is 0.714. The fourth-order valence-electron chi connectivity index (χ4n) is 3.56. The van der Waals surface area contributed by atoms with Crippen LogP contribution in [-0.2, 0) is 0 Å². The van der Waals surface area contributed by atoms with Crippen LogP contribution in [-0.4, -0.2) is 9.55 Å². The van der Waals surface area contributed by atoms with Gasteiger partial charge in [0.25, 0.3) is 0 Å². The molecule has 2 aromatic rings. The minimum atomic E-state index is 1.09. The minimum absolute atomic E-state index is 1.09. The van der Waals surface area contributed by atoms with Crippen LogP contribution in [0, 0.1) is 6.92 Å². The molecule has 0 spiro atoms.